The summed E-state index contributed by atoms with van der Waals surface area (Å²) in [5.41, 5.74) is 3.55. The number of aromatic amines is 1. The van der Waals surface area contributed by atoms with Crippen LogP contribution < -0.4 is 10.1 Å². The van der Waals surface area contributed by atoms with E-state index < -0.39 is 0 Å². The summed E-state index contributed by atoms with van der Waals surface area (Å²) in [5, 5.41) is 10.1. The normalized spacial score (nSPS) is 10.6. The summed E-state index contributed by atoms with van der Waals surface area (Å²) in [4.78, 5) is 16.5. The van der Waals surface area contributed by atoms with Gasteiger partial charge in [-0.05, 0) is 36.6 Å². The number of aryl methyl sites for hydroxylation is 2. The molecule has 0 fully saturated rings. The van der Waals surface area contributed by atoms with E-state index in [1.54, 1.807) is 7.11 Å². The number of carbonyl (C=O) groups is 1. The quantitative estimate of drug-likeness (QED) is 0.600. The van der Waals surface area contributed by atoms with Crippen LogP contribution in [0.1, 0.15) is 34.8 Å². The van der Waals surface area contributed by atoms with E-state index in [1.165, 1.54) is 11.1 Å². The van der Waals surface area contributed by atoms with Gasteiger partial charge in [0.25, 0.3) is 0 Å². The van der Waals surface area contributed by atoms with Crippen molar-refractivity contribution >= 4 is 5.91 Å². The molecule has 146 valence electrons. The Kier molecular flexibility index (Phi) is 6.78. The van der Waals surface area contributed by atoms with E-state index in [0.29, 0.717) is 25.8 Å². The molecule has 6 nitrogen and oxygen atoms in total. The lowest BCUT2D eigenvalue weighted by molar-refractivity contribution is -0.121. The van der Waals surface area contributed by atoms with Crippen molar-refractivity contribution in [3.8, 4) is 5.75 Å². The maximum absolute atomic E-state index is 12.0. The van der Waals surface area contributed by atoms with Crippen LogP contribution in [0.3, 0.4) is 0 Å². The number of nitrogens with zero attached hydrogens (tertiary/aromatic N) is 2. The number of ether oxygens (including phenoxy) is 1. The summed E-state index contributed by atoms with van der Waals surface area (Å²) in [6, 6.07) is 16.2. The molecular formula is C22H26N4O2. The Bertz CT molecular complexity index is 886. The molecule has 0 bridgehead atoms. The number of H-pyrrole nitrogens is 1. The number of hydrogen-bond donors (Lipinski definition) is 2. The summed E-state index contributed by atoms with van der Waals surface area (Å²) < 4.78 is 5.14. The van der Waals surface area contributed by atoms with Gasteiger partial charge in [0.05, 0.1) is 7.11 Å². The molecule has 0 aliphatic heterocycles. The SMILES string of the molecule is COc1ccc(CCC(=O)NCCc2n[nH]c(Cc3ccc(C)cc3)n2)cc1. The molecule has 0 radical (unpaired) electrons. The van der Waals surface area contributed by atoms with Gasteiger partial charge in [-0.25, -0.2) is 4.98 Å². The molecular weight excluding hydrogens is 352 g/mol. The van der Waals surface area contributed by atoms with Crippen molar-refractivity contribution in [3.05, 3.63) is 76.9 Å². The number of amides is 1. The third-order valence-corrected chi connectivity index (χ3v) is 4.54. The van der Waals surface area contributed by atoms with Gasteiger partial charge in [0.1, 0.15) is 11.6 Å². The Labute approximate surface area is 165 Å². The second kappa shape index (κ2) is 9.69. The van der Waals surface area contributed by atoms with Gasteiger partial charge in [0.2, 0.25) is 5.91 Å². The molecule has 0 aliphatic carbocycles. The largest absolute Gasteiger partial charge is 0.497 e. The van der Waals surface area contributed by atoms with Gasteiger partial charge in [-0.15, -0.1) is 0 Å². The highest BCUT2D eigenvalue weighted by molar-refractivity contribution is 5.76. The minimum absolute atomic E-state index is 0.0335. The lowest BCUT2D eigenvalue weighted by Gasteiger charge is -2.05. The van der Waals surface area contributed by atoms with Gasteiger partial charge in [-0.1, -0.05) is 42.0 Å². The van der Waals surface area contributed by atoms with Crippen LogP contribution in [0.15, 0.2) is 48.5 Å². The minimum atomic E-state index is 0.0335. The Morgan fingerprint density at radius 2 is 1.75 bits per heavy atom. The van der Waals surface area contributed by atoms with Gasteiger partial charge in [-0.2, -0.15) is 5.10 Å². The van der Waals surface area contributed by atoms with Crippen LogP contribution >= 0.6 is 0 Å². The monoisotopic (exact) mass is 378 g/mol. The second-order valence-corrected chi connectivity index (χ2v) is 6.81. The molecule has 3 aromatic rings. The molecule has 28 heavy (non-hydrogen) atoms. The minimum Gasteiger partial charge on any atom is -0.497 e. The third kappa shape index (κ3) is 5.94. The zero-order valence-corrected chi connectivity index (χ0v) is 16.4. The molecule has 0 saturated heterocycles. The fourth-order valence-corrected chi connectivity index (χ4v) is 2.88. The van der Waals surface area contributed by atoms with E-state index in [2.05, 4.69) is 51.7 Å². The van der Waals surface area contributed by atoms with Gasteiger partial charge in [0, 0.05) is 25.8 Å². The number of benzene rings is 2. The smallest absolute Gasteiger partial charge is 0.220 e. The van der Waals surface area contributed by atoms with E-state index in [-0.39, 0.29) is 5.91 Å². The van der Waals surface area contributed by atoms with Crippen LogP contribution in [-0.4, -0.2) is 34.7 Å². The van der Waals surface area contributed by atoms with Crippen LogP contribution in [0.2, 0.25) is 0 Å². The Balaban J connectivity index is 1.38. The first-order chi connectivity index (χ1) is 13.6. The number of carbonyl (C=O) groups excluding carboxylic acids is 1. The van der Waals surface area contributed by atoms with E-state index in [4.69, 9.17) is 4.74 Å². The fourth-order valence-electron chi connectivity index (χ4n) is 2.88. The van der Waals surface area contributed by atoms with E-state index in [0.717, 1.165) is 29.4 Å². The topological polar surface area (TPSA) is 79.9 Å². The maximum atomic E-state index is 12.0. The predicted molar refractivity (Wildman–Crippen MR) is 108 cm³/mol. The third-order valence-electron chi connectivity index (χ3n) is 4.54. The molecule has 1 aromatic heterocycles. The average molecular weight is 378 g/mol. The lowest BCUT2D eigenvalue weighted by atomic mass is 10.1. The van der Waals surface area contributed by atoms with Gasteiger partial charge < -0.3 is 10.1 Å². The highest BCUT2D eigenvalue weighted by Crippen LogP contribution is 2.12. The molecule has 2 aromatic carbocycles. The number of rotatable bonds is 9. The highest BCUT2D eigenvalue weighted by Gasteiger charge is 2.06. The van der Waals surface area contributed by atoms with E-state index in [9.17, 15) is 4.79 Å². The standard InChI is InChI=1S/C22H26N4O2/c1-16-3-5-18(6-4-16)15-21-24-20(25-26-21)13-14-23-22(27)12-9-17-7-10-19(28-2)11-8-17/h3-8,10-11H,9,12-15H2,1-2H3,(H,23,27)(H,24,25,26). The predicted octanol–water partition coefficient (Wildman–Crippen LogP) is 3.00. The molecule has 0 atom stereocenters. The Morgan fingerprint density at radius 1 is 1.04 bits per heavy atom. The van der Waals surface area contributed by atoms with Crippen LogP contribution in [0.25, 0.3) is 0 Å². The summed E-state index contributed by atoms with van der Waals surface area (Å²) in [6.07, 6.45) is 2.50. The van der Waals surface area contributed by atoms with Crippen molar-refractivity contribution in [3.63, 3.8) is 0 Å². The van der Waals surface area contributed by atoms with Crippen LogP contribution in [0.5, 0.6) is 5.75 Å². The van der Waals surface area contributed by atoms with Crippen molar-refractivity contribution in [2.24, 2.45) is 0 Å². The molecule has 0 saturated carbocycles. The molecule has 0 spiro atoms. The first kappa shape index (κ1) is 19.6. The number of hydrogen-bond acceptors (Lipinski definition) is 4. The van der Waals surface area contributed by atoms with Gasteiger partial charge in [-0.3, -0.25) is 9.89 Å². The van der Waals surface area contributed by atoms with Crippen molar-refractivity contribution in [1.82, 2.24) is 20.5 Å². The summed E-state index contributed by atoms with van der Waals surface area (Å²) in [5.74, 6) is 2.41. The highest BCUT2D eigenvalue weighted by atomic mass is 16.5. The molecule has 6 heteroatoms. The Hall–Kier alpha value is -3.15. The molecule has 1 amide bonds. The van der Waals surface area contributed by atoms with Crippen LogP contribution in [-0.2, 0) is 24.1 Å². The van der Waals surface area contributed by atoms with Crippen molar-refractivity contribution in [1.29, 1.82) is 0 Å². The molecule has 0 aliphatic rings. The van der Waals surface area contributed by atoms with Crippen molar-refractivity contribution in [2.75, 3.05) is 13.7 Å². The summed E-state index contributed by atoms with van der Waals surface area (Å²) >= 11 is 0. The zero-order chi connectivity index (χ0) is 19.8. The second-order valence-electron chi connectivity index (χ2n) is 6.81. The lowest BCUT2D eigenvalue weighted by Crippen LogP contribution is -2.26. The molecule has 0 unspecified atom stereocenters. The summed E-state index contributed by atoms with van der Waals surface area (Å²) in [6.45, 7) is 2.60. The zero-order valence-electron chi connectivity index (χ0n) is 16.4. The molecule has 2 N–H and O–H groups in total. The van der Waals surface area contributed by atoms with E-state index >= 15 is 0 Å². The molecule has 3 rings (SSSR count). The number of aromatic nitrogens is 3. The van der Waals surface area contributed by atoms with Crippen molar-refractivity contribution < 1.29 is 9.53 Å². The van der Waals surface area contributed by atoms with Crippen LogP contribution in [0.4, 0.5) is 0 Å². The fraction of sp³-hybridized carbons (Fsp3) is 0.318. The number of nitrogens with one attached hydrogen (secondary N) is 2. The molecule has 1 heterocycles. The van der Waals surface area contributed by atoms with Crippen molar-refractivity contribution in [2.45, 2.75) is 32.6 Å². The van der Waals surface area contributed by atoms with Crippen LogP contribution in [0, 0.1) is 6.92 Å². The average Bonchev–Trinajstić information content (AvgIpc) is 3.16. The summed E-state index contributed by atoms with van der Waals surface area (Å²) in [7, 11) is 1.64. The van der Waals surface area contributed by atoms with Gasteiger partial charge in [0.15, 0.2) is 5.82 Å². The van der Waals surface area contributed by atoms with Gasteiger partial charge >= 0.3 is 0 Å². The maximum Gasteiger partial charge on any atom is 0.220 e. The Morgan fingerprint density at radius 3 is 2.46 bits per heavy atom. The first-order valence-electron chi connectivity index (χ1n) is 9.47. The first-order valence-corrected chi connectivity index (χ1v) is 9.47. The number of methoxy groups -OCH3 is 1. The van der Waals surface area contributed by atoms with E-state index in [1.807, 2.05) is 24.3 Å².